The zero-order valence-electron chi connectivity index (χ0n) is 12.5. The molecular formula is C17H16N2O2S. The Morgan fingerprint density at radius 1 is 1.32 bits per heavy atom. The van der Waals surface area contributed by atoms with Gasteiger partial charge in [0.2, 0.25) is 0 Å². The summed E-state index contributed by atoms with van der Waals surface area (Å²) in [4.78, 5) is 20.5. The minimum atomic E-state index is -0.199. The molecule has 3 rings (SSSR count). The third-order valence-corrected chi connectivity index (χ3v) is 4.40. The number of fused-ring (bicyclic) bond motifs is 1. The zero-order chi connectivity index (χ0) is 15.5. The van der Waals surface area contributed by atoms with E-state index in [0.717, 1.165) is 32.0 Å². The molecule has 22 heavy (non-hydrogen) atoms. The van der Waals surface area contributed by atoms with Crippen LogP contribution in [-0.4, -0.2) is 22.5 Å². The number of hydrogen-bond acceptors (Lipinski definition) is 5. The Balaban J connectivity index is 1.94. The first-order chi connectivity index (χ1) is 10.7. The van der Waals surface area contributed by atoms with Crippen molar-refractivity contribution < 1.29 is 9.53 Å². The van der Waals surface area contributed by atoms with Crippen molar-refractivity contribution >= 4 is 27.5 Å². The number of nitrogens with zero attached hydrogens (tertiary/aromatic N) is 2. The Morgan fingerprint density at radius 2 is 2.18 bits per heavy atom. The lowest BCUT2D eigenvalue weighted by Gasteiger charge is -2.01. The van der Waals surface area contributed by atoms with E-state index in [1.165, 1.54) is 0 Å². The third kappa shape index (κ3) is 2.99. The van der Waals surface area contributed by atoms with Crippen LogP contribution in [-0.2, 0) is 16.0 Å². The summed E-state index contributed by atoms with van der Waals surface area (Å²) in [5.41, 5.74) is 3.91. The number of pyridine rings is 1. The Morgan fingerprint density at radius 3 is 2.95 bits per heavy atom. The highest BCUT2D eigenvalue weighted by Gasteiger charge is 2.11. The van der Waals surface area contributed by atoms with Gasteiger partial charge in [0.15, 0.2) is 0 Å². The topological polar surface area (TPSA) is 52.1 Å². The first-order valence-electron chi connectivity index (χ1n) is 7.14. The van der Waals surface area contributed by atoms with E-state index in [1.807, 2.05) is 44.2 Å². The number of aryl methyl sites for hydroxylation is 1. The lowest BCUT2D eigenvalue weighted by molar-refractivity contribution is -0.142. The summed E-state index contributed by atoms with van der Waals surface area (Å²) in [5, 5.41) is 0.953. The van der Waals surface area contributed by atoms with Crippen LogP contribution in [0.15, 0.2) is 36.5 Å². The highest BCUT2D eigenvalue weighted by atomic mass is 32.1. The van der Waals surface area contributed by atoms with Gasteiger partial charge in [-0.1, -0.05) is 6.07 Å². The summed E-state index contributed by atoms with van der Waals surface area (Å²) in [7, 11) is 0. The van der Waals surface area contributed by atoms with Crippen molar-refractivity contribution in [2.24, 2.45) is 0 Å². The van der Waals surface area contributed by atoms with Gasteiger partial charge in [-0.25, -0.2) is 4.98 Å². The van der Waals surface area contributed by atoms with Gasteiger partial charge >= 0.3 is 5.97 Å². The number of hydrogen-bond donors (Lipinski definition) is 0. The Hall–Kier alpha value is -2.27. The quantitative estimate of drug-likeness (QED) is 0.688. The van der Waals surface area contributed by atoms with Crippen LogP contribution in [0.1, 0.15) is 18.2 Å². The third-order valence-electron chi connectivity index (χ3n) is 3.34. The van der Waals surface area contributed by atoms with Crippen molar-refractivity contribution in [3.05, 3.63) is 47.8 Å². The van der Waals surface area contributed by atoms with Gasteiger partial charge in [-0.05, 0) is 43.7 Å². The van der Waals surface area contributed by atoms with Crippen molar-refractivity contribution in [2.75, 3.05) is 6.61 Å². The van der Waals surface area contributed by atoms with Crippen LogP contribution >= 0.6 is 11.3 Å². The van der Waals surface area contributed by atoms with Crippen molar-refractivity contribution in [1.29, 1.82) is 0 Å². The molecule has 2 aromatic heterocycles. The number of thiazole rings is 1. The van der Waals surface area contributed by atoms with E-state index in [1.54, 1.807) is 17.5 Å². The summed E-state index contributed by atoms with van der Waals surface area (Å²) in [6.45, 7) is 4.20. The smallest absolute Gasteiger partial charge is 0.310 e. The average Bonchev–Trinajstić information content (AvgIpc) is 2.90. The first-order valence-corrected chi connectivity index (χ1v) is 7.96. The Kier molecular flexibility index (Phi) is 4.15. The molecule has 0 aliphatic heterocycles. The second kappa shape index (κ2) is 6.23. The molecule has 0 bridgehead atoms. The minimum absolute atomic E-state index is 0.199. The summed E-state index contributed by atoms with van der Waals surface area (Å²) in [5.74, 6) is -0.199. The molecular weight excluding hydrogens is 296 g/mol. The lowest BCUT2D eigenvalue weighted by Crippen LogP contribution is -2.07. The van der Waals surface area contributed by atoms with Crippen molar-refractivity contribution in [1.82, 2.24) is 9.97 Å². The maximum absolute atomic E-state index is 11.6. The van der Waals surface area contributed by atoms with Crippen molar-refractivity contribution in [3.63, 3.8) is 0 Å². The van der Waals surface area contributed by atoms with Crippen LogP contribution in [0, 0.1) is 6.92 Å². The van der Waals surface area contributed by atoms with Gasteiger partial charge in [0.25, 0.3) is 0 Å². The summed E-state index contributed by atoms with van der Waals surface area (Å²) >= 11 is 1.62. The molecule has 4 nitrogen and oxygen atoms in total. The Labute approximate surface area is 132 Å². The fourth-order valence-corrected chi connectivity index (χ4v) is 3.39. The van der Waals surface area contributed by atoms with Crippen LogP contribution in [0.25, 0.3) is 20.8 Å². The minimum Gasteiger partial charge on any atom is -0.466 e. The van der Waals surface area contributed by atoms with E-state index in [0.29, 0.717) is 13.0 Å². The molecule has 0 saturated carbocycles. The highest BCUT2D eigenvalue weighted by Crippen LogP contribution is 2.31. The number of rotatable bonds is 4. The van der Waals surface area contributed by atoms with Crippen LogP contribution in [0.4, 0.5) is 0 Å². The van der Waals surface area contributed by atoms with E-state index < -0.39 is 0 Å². The number of esters is 1. The van der Waals surface area contributed by atoms with Gasteiger partial charge in [0, 0.05) is 17.5 Å². The zero-order valence-corrected chi connectivity index (χ0v) is 13.3. The molecule has 2 heterocycles. The molecule has 0 saturated heterocycles. The summed E-state index contributed by atoms with van der Waals surface area (Å²) in [6, 6.07) is 9.84. The molecule has 0 unspecified atom stereocenters. The molecule has 0 aliphatic carbocycles. The lowest BCUT2D eigenvalue weighted by atomic mass is 10.1. The molecule has 1 aromatic carbocycles. The van der Waals surface area contributed by atoms with Gasteiger partial charge in [-0.2, -0.15) is 0 Å². The molecule has 0 aliphatic rings. The van der Waals surface area contributed by atoms with Gasteiger partial charge in [0.05, 0.1) is 23.2 Å². The van der Waals surface area contributed by atoms with Crippen LogP contribution in [0.3, 0.4) is 0 Å². The van der Waals surface area contributed by atoms with Gasteiger partial charge < -0.3 is 4.74 Å². The fraction of sp³-hybridized carbons (Fsp3) is 0.235. The van der Waals surface area contributed by atoms with Gasteiger partial charge in [0.1, 0.15) is 5.01 Å². The number of carbonyl (C=O) groups is 1. The van der Waals surface area contributed by atoms with E-state index in [2.05, 4.69) is 9.97 Å². The van der Waals surface area contributed by atoms with Crippen molar-refractivity contribution in [2.45, 2.75) is 20.3 Å². The van der Waals surface area contributed by atoms with Crippen LogP contribution < -0.4 is 0 Å². The van der Waals surface area contributed by atoms with Crippen LogP contribution in [0.5, 0.6) is 0 Å². The van der Waals surface area contributed by atoms with E-state index in [9.17, 15) is 4.79 Å². The number of benzene rings is 1. The second-order valence-electron chi connectivity index (χ2n) is 4.94. The van der Waals surface area contributed by atoms with Crippen LogP contribution in [0.2, 0.25) is 0 Å². The molecule has 0 amide bonds. The maximum atomic E-state index is 11.6. The molecule has 0 spiro atoms. The van der Waals surface area contributed by atoms with Crippen molar-refractivity contribution in [3.8, 4) is 10.6 Å². The largest absolute Gasteiger partial charge is 0.466 e. The standard InChI is InChI=1S/C17H16N2O2S/c1-3-21-16(20)10-12-6-7-14-15(9-12)22-17(19-14)13-5-4-8-18-11(13)2/h4-9H,3,10H2,1-2H3. The SMILES string of the molecule is CCOC(=O)Cc1ccc2nc(-c3cccnc3C)sc2c1. The average molecular weight is 312 g/mol. The molecule has 0 N–H and O–H groups in total. The maximum Gasteiger partial charge on any atom is 0.310 e. The van der Waals surface area contributed by atoms with E-state index >= 15 is 0 Å². The normalized spacial score (nSPS) is 10.8. The molecule has 3 aromatic rings. The first kappa shape index (κ1) is 14.7. The monoisotopic (exact) mass is 312 g/mol. The predicted molar refractivity (Wildman–Crippen MR) is 87.9 cm³/mol. The molecule has 112 valence electrons. The number of aromatic nitrogens is 2. The fourth-order valence-electron chi connectivity index (χ4n) is 2.28. The van der Waals surface area contributed by atoms with E-state index in [-0.39, 0.29) is 5.97 Å². The van der Waals surface area contributed by atoms with E-state index in [4.69, 9.17) is 4.74 Å². The predicted octanol–water partition coefficient (Wildman–Crippen LogP) is 3.77. The molecule has 0 fully saturated rings. The summed E-state index contributed by atoms with van der Waals surface area (Å²) in [6.07, 6.45) is 2.08. The number of ether oxygens (including phenoxy) is 1. The molecule has 0 atom stereocenters. The molecule has 5 heteroatoms. The molecule has 0 radical (unpaired) electrons. The second-order valence-corrected chi connectivity index (χ2v) is 5.97. The van der Waals surface area contributed by atoms with Gasteiger partial charge in [-0.3, -0.25) is 9.78 Å². The number of carbonyl (C=O) groups excluding carboxylic acids is 1. The Bertz CT molecular complexity index is 826. The highest BCUT2D eigenvalue weighted by molar-refractivity contribution is 7.21. The summed E-state index contributed by atoms with van der Waals surface area (Å²) < 4.78 is 6.06. The van der Waals surface area contributed by atoms with Gasteiger partial charge in [-0.15, -0.1) is 11.3 Å².